The first-order valence-electron chi connectivity index (χ1n) is 9.43. The topological polar surface area (TPSA) is 77.6 Å². The van der Waals surface area contributed by atoms with Gasteiger partial charge in [0, 0.05) is 25.9 Å². The fourth-order valence-electron chi connectivity index (χ4n) is 3.46. The van der Waals surface area contributed by atoms with Crippen LogP contribution in [0.2, 0.25) is 0 Å². The average Bonchev–Trinajstić information content (AvgIpc) is 3.08. The van der Waals surface area contributed by atoms with Gasteiger partial charge in [0.2, 0.25) is 0 Å². The lowest BCUT2D eigenvalue weighted by atomic mass is 10.2. The molecule has 0 aliphatic heterocycles. The van der Waals surface area contributed by atoms with Crippen molar-refractivity contribution in [3.05, 3.63) is 82.4 Å². The van der Waals surface area contributed by atoms with E-state index in [4.69, 9.17) is 4.74 Å². The maximum Gasteiger partial charge on any atom is 0.268 e. The van der Waals surface area contributed by atoms with Gasteiger partial charge in [0.25, 0.3) is 11.5 Å². The van der Waals surface area contributed by atoms with Crippen LogP contribution in [0.15, 0.2) is 65.6 Å². The first kappa shape index (κ1) is 18.9. The van der Waals surface area contributed by atoms with Crippen LogP contribution in [0.1, 0.15) is 23.0 Å². The maximum absolute atomic E-state index is 13.0. The normalized spacial score (nSPS) is 12.3. The molecule has 4 aromatic rings. The van der Waals surface area contributed by atoms with Crippen LogP contribution >= 0.6 is 0 Å². The second-order valence-corrected chi connectivity index (χ2v) is 7.01. The number of nitrogens with zero attached hydrogens (tertiary/aromatic N) is 3. The maximum atomic E-state index is 13.0. The molecule has 0 fully saturated rings. The molecule has 0 radical (unpaired) electrons. The van der Waals surface area contributed by atoms with Gasteiger partial charge in [-0.3, -0.25) is 14.0 Å². The Morgan fingerprint density at radius 1 is 1.17 bits per heavy atom. The number of methoxy groups -OCH3 is 1. The summed E-state index contributed by atoms with van der Waals surface area (Å²) in [4.78, 5) is 30.7. The predicted octanol–water partition coefficient (Wildman–Crippen LogP) is 2.46. The van der Waals surface area contributed by atoms with E-state index < -0.39 is 0 Å². The Balaban J connectivity index is 1.89. The third kappa shape index (κ3) is 3.64. The Labute approximate surface area is 167 Å². The minimum absolute atomic E-state index is 0.163. The molecule has 3 heterocycles. The first-order chi connectivity index (χ1) is 14.1. The van der Waals surface area contributed by atoms with Gasteiger partial charge >= 0.3 is 0 Å². The highest BCUT2D eigenvalue weighted by Gasteiger charge is 2.21. The number of aromatic nitrogens is 3. The molecular weight excluding hydrogens is 368 g/mol. The van der Waals surface area contributed by atoms with E-state index in [2.05, 4.69) is 10.3 Å². The van der Waals surface area contributed by atoms with Gasteiger partial charge in [-0.1, -0.05) is 36.4 Å². The fourth-order valence-corrected chi connectivity index (χ4v) is 3.46. The first-order valence-corrected chi connectivity index (χ1v) is 9.43. The molecule has 7 nitrogen and oxygen atoms in total. The third-order valence-electron chi connectivity index (χ3n) is 4.79. The summed E-state index contributed by atoms with van der Waals surface area (Å²) in [6, 6.07) is 16.6. The molecule has 7 heteroatoms. The quantitative estimate of drug-likeness (QED) is 0.549. The van der Waals surface area contributed by atoms with Gasteiger partial charge in [0.15, 0.2) is 0 Å². The second kappa shape index (κ2) is 7.89. The molecule has 1 amide bonds. The number of nitrogens with one attached hydrogen (secondary N) is 1. The molecule has 0 bridgehead atoms. The van der Waals surface area contributed by atoms with Crippen molar-refractivity contribution in [2.75, 3.05) is 13.7 Å². The van der Waals surface area contributed by atoms with Crippen LogP contribution in [0.5, 0.6) is 0 Å². The summed E-state index contributed by atoms with van der Waals surface area (Å²) in [7, 11) is 1.59. The number of fused-ring (bicyclic) bond motifs is 2. The molecule has 0 aliphatic rings. The Bertz CT molecular complexity index is 1230. The predicted molar refractivity (Wildman–Crippen MR) is 111 cm³/mol. The average molecular weight is 390 g/mol. The number of benzene rings is 1. The van der Waals surface area contributed by atoms with Crippen molar-refractivity contribution in [1.82, 2.24) is 19.3 Å². The molecule has 0 aliphatic carbocycles. The number of ether oxygens (including phenoxy) is 1. The minimum atomic E-state index is -0.267. The molecule has 1 N–H and O–H groups in total. The highest BCUT2D eigenvalue weighted by atomic mass is 16.5. The van der Waals surface area contributed by atoms with Crippen molar-refractivity contribution < 1.29 is 9.53 Å². The van der Waals surface area contributed by atoms with Crippen molar-refractivity contribution in [2.24, 2.45) is 0 Å². The largest absolute Gasteiger partial charge is 0.383 e. The zero-order valence-corrected chi connectivity index (χ0v) is 16.3. The van der Waals surface area contributed by atoms with Crippen molar-refractivity contribution in [3.63, 3.8) is 0 Å². The summed E-state index contributed by atoms with van der Waals surface area (Å²) in [5, 5.41) is 3.34. The number of hydrogen-bond donors (Lipinski definition) is 1. The third-order valence-corrected chi connectivity index (χ3v) is 4.79. The highest BCUT2D eigenvalue weighted by Crippen LogP contribution is 2.19. The van der Waals surface area contributed by atoms with Gasteiger partial charge in [0.1, 0.15) is 17.0 Å². The number of rotatable bonds is 6. The molecule has 3 aromatic heterocycles. The summed E-state index contributed by atoms with van der Waals surface area (Å²) in [5.41, 5.74) is 2.24. The summed E-state index contributed by atoms with van der Waals surface area (Å²) in [6.07, 6.45) is 1.68. The van der Waals surface area contributed by atoms with Crippen LogP contribution in [0.4, 0.5) is 0 Å². The Kier molecular flexibility index (Phi) is 5.14. The van der Waals surface area contributed by atoms with Crippen molar-refractivity contribution in [2.45, 2.75) is 19.5 Å². The van der Waals surface area contributed by atoms with E-state index in [-0.39, 0.29) is 17.5 Å². The summed E-state index contributed by atoms with van der Waals surface area (Å²) < 4.78 is 8.40. The molecule has 1 atom stereocenters. The van der Waals surface area contributed by atoms with Crippen LogP contribution in [0.25, 0.3) is 16.7 Å². The van der Waals surface area contributed by atoms with Crippen LogP contribution in [-0.4, -0.2) is 39.6 Å². The van der Waals surface area contributed by atoms with E-state index in [1.807, 2.05) is 43.3 Å². The summed E-state index contributed by atoms with van der Waals surface area (Å²) in [5.74, 6) is -0.267. The van der Waals surface area contributed by atoms with E-state index in [1.54, 1.807) is 36.1 Å². The van der Waals surface area contributed by atoms with Crippen LogP contribution < -0.4 is 10.9 Å². The molecule has 0 spiro atoms. The molecular formula is C22H22N4O3. The van der Waals surface area contributed by atoms with E-state index in [0.29, 0.717) is 35.5 Å². The molecule has 1 unspecified atom stereocenters. The van der Waals surface area contributed by atoms with Gasteiger partial charge in [-0.2, -0.15) is 0 Å². The lowest BCUT2D eigenvalue weighted by Crippen LogP contribution is -2.36. The SMILES string of the molecule is COCC(C)NC(=O)c1cc2c(=O)n3ccccc3nc2n1Cc1ccccc1. The van der Waals surface area contributed by atoms with Crippen LogP contribution in [-0.2, 0) is 11.3 Å². The number of pyridine rings is 1. The number of amides is 1. The van der Waals surface area contributed by atoms with E-state index >= 15 is 0 Å². The van der Waals surface area contributed by atoms with Crippen LogP contribution in [0.3, 0.4) is 0 Å². The van der Waals surface area contributed by atoms with Gasteiger partial charge in [-0.15, -0.1) is 0 Å². The van der Waals surface area contributed by atoms with Gasteiger partial charge in [0.05, 0.1) is 12.0 Å². The molecule has 0 saturated heterocycles. The van der Waals surface area contributed by atoms with E-state index in [1.165, 1.54) is 4.40 Å². The minimum Gasteiger partial charge on any atom is -0.383 e. The smallest absolute Gasteiger partial charge is 0.268 e. The zero-order chi connectivity index (χ0) is 20.4. The van der Waals surface area contributed by atoms with Crippen molar-refractivity contribution in [1.29, 1.82) is 0 Å². The second-order valence-electron chi connectivity index (χ2n) is 7.01. The number of hydrogen-bond acceptors (Lipinski definition) is 4. The molecule has 4 rings (SSSR count). The standard InChI is InChI=1S/C22H22N4O3/c1-15(14-29-2)23-21(27)18-12-17-20(26(18)13-16-8-4-3-5-9-16)24-19-10-6-7-11-25(19)22(17)28/h3-12,15H,13-14H2,1-2H3,(H,23,27). The Hall–Kier alpha value is -3.45. The molecule has 148 valence electrons. The Morgan fingerprint density at radius 3 is 2.69 bits per heavy atom. The monoisotopic (exact) mass is 390 g/mol. The van der Waals surface area contributed by atoms with Crippen molar-refractivity contribution >= 4 is 22.6 Å². The molecule has 1 aromatic carbocycles. The van der Waals surface area contributed by atoms with E-state index in [9.17, 15) is 9.59 Å². The summed E-state index contributed by atoms with van der Waals surface area (Å²) in [6.45, 7) is 2.70. The summed E-state index contributed by atoms with van der Waals surface area (Å²) >= 11 is 0. The zero-order valence-electron chi connectivity index (χ0n) is 16.3. The lowest BCUT2D eigenvalue weighted by molar-refractivity contribution is 0.0897. The van der Waals surface area contributed by atoms with Gasteiger partial charge in [-0.25, -0.2) is 4.98 Å². The van der Waals surface area contributed by atoms with E-state index in [0.717, 1.165) is 5.56 Å². The van der Waals surface area contributed by atoms with Gasteiger partial charge in [-0.05, 0) is 30.7 Å². The van der Waals surface area contributed by atoms with Gasteiger partial charge < -0.3 is 14.6 Å². The number of carbonyl (C=O) groups is 1. The fraction of sp³-hybridized carbons (Fsp3) is 0.227. The molecule has 0 saturated carbocycles. The lowest BCUT2D eigenvalue weighted by Gasteiger charge is -2.15. The van der Waals surface area contributed by atoms with Crippen molar-refractivity contribution in [3.8, 4) is 0 Å². The van der Waals surface area contributed by atoms with Crippen LogP contribution in [0, 0.1) is 0 Å². The number of carbonyl (C=O) groups excluding carboxylic acids is 1. The molecule has 29 heavy (non-hydrogen) atoms. The highest BCUT2D eigenvalue weighted by molar-refractivity contribution is 5.98. The Morgan fingerprint density at radius 2 is 1.93 bits per heavy atom.